The zero-order valence-electron chi connectivity index (χ0n) is 13.1. The minimum Gasteiger partial charge on any atom is -0.342 e. The fraction of sp³-hybridized carbons (Fsp3) is 0.632. The first kappa shape index (κ1) is 14.6. The molecule has 0 N–H and O–H groups in total. The predicted octanol–water partition coefficient (Wildman–Crippen LogP) is 4.22. The van der Waals surface area contributed by atoms with Gasteiger partial charge in [-0.2, -0.15) is 0 Å². The Labute approximate surface area is 128 Å². The molecule has 1 aromatic carbocycles. The topological polar surface area (TPSA) is 20.3 Å². The van der Waals surface area contributed by atoms with Crippen LogP contribution in [0.5, 0.6) is 0 Å². The van der Waals surface area contributed by atoms with Crippen LogP contribution in [0.2, 0.25) is 0 Å². The molecule has 1 saturated heterocycles. The first-order valence-electron chi connectivity index (χ1n) is 8.55. The van der Waals surface area contributed by atoms with Crippen LogP contribution in [0, 0.1) is 11.8 Å². The summed E-state index contributed by atoms with van der Waals surface area (Å²) in [7, 11) is 0. The number of benzene rings is 1. The number of carbonyl (C=O) groups excluding carboxylic acids is 1. The van der Waals surface area contributed by atoms with Crippen LogP contribution >= 0.6 is 0 Å². The van der Waals surface area contributed by atoms with E-state index in [2.05, 4.69) is 42.2 Å². The Morgan fingerprint density at radius 1 is 1.10 bits per heavy atom. The normalized spacial score (nSPS) is 29.6. The van der Waals surface area contributed by atoms with Crippen molar-refractivity contribution in [2.24, 2.45) is 11.8 Å². The van der Waals surface area contributed by atoms with Crippen LogP contribution in [-0.4, -0.2) is 23.9 Å². The molecule has 1 heterocycles. The van der Waals surface area contributed by atoms with Gasteiger partial charge in [0, 0.05) is 19.5 Å². The predicted molar refractivity (Wildman–Crippen MR) is 86.1 cm³/mol. The van der Waals surface area contributed by atoms with Gasteiger partial charge in [0.2, 0.25) is 5.91 Å². The summed E-state index contributed by atoms with van der Waals surface area (Å²) in [5.41, 5.74) is 1.48. The number of hydrogen-bond donors (Lipinski definition) is 0. The minimum absolute atomic E-state index is 0.405. The monoisotopic (exact) mass is 285 g/mol. The van der Waals surface area contributed by atoms with E-state index in [0.29, 0.717) is 23.7 Å². The summed E-state index contributed by atoms with van der Waals surface area (Å²) in [4.78, 5) is 14.4. The molecule has 1 unspecified atom stereocenters. The lowest BCUT2D eigenvalue weighted by molar-refractivity contribution is -0.131. The summed E-state index contributed by atoms with van der Waals surface area (Å²) in [6.07, 6.45) is 6.90. The van der Waals surface area contributed by atoms with E-state index in [1.54, 1.807) is 0 Å². The van der Waals surface area contributed by atoms with Gasteiger partial charge in [-0.3, -0.25) is 4.79 Å². The number of likely N-dealkylation sites (tertiary alicyclic amines) is 1. The Kier molecular flexibility index (Phi) is 4.62. The molecule has 1 atom stereocenters. The van der Waals surface area contributed by atoms with Crippen LogP contribution in [0.4, 0.5) is 0 Å². The molecule has 3 rings (SSSR count). The molecule has 0 spiro atoms. The molecule has 2 nitrogen and oxygen atoms in total. The van der Waals surface area contributed by atoms with Gasteiger partial charge < -0.3 is 4.90 Å². The fourth-order valence-corrected chi connectivity index (χ4v) is 3.96. The number of nitrogens with zero attached hydrogens (tertiary/aromatic N) is 1. The number of carbonyl (C=O) groups is 1. The van der Waals surface area contributed by atoms with E-state index in [-0.39, 0.29) is 0 Å². The molecule has 2 heteroatoms. The Morgan fingerprint density at radius 3 is 2.43 bits per heavy atom. The van der Waals surface area contributed by atoms with Gasteiger partial charge in [0.15, 0.2) is 0 Å². The van der Waals surface area contributed by atoms with E-state index >= 15 is 0 Å². The summed E-state index contributed by atoms with van der Waals surface area (Å²) in [6, 6.07) is 10.9. The second-order valence-electron chi connectivity index (χ2n) is 7.07. The maximum Gasteiger partial charge on any atom is 0.222 e. The first-order chi connectivity index (χ1) is 10.2. The molecule has 1 aliphatic carbocycles. The Bertz CT molecular complexity index is 462. The number of amides is 1. The maximum atomic E-state index is 12.3. The molecule has 1 saturated carbocycles. The summed E-state index contributed by atoms with van der Waals surface area (Å²) >= 11 is 0. The van der Waals surface area contributed by atoms with Gasteiger partial charge in [-0.15, -0.1) is 0 Å². The highest BCUT2D eigenvalue weighted by Gasteiger charge is 2.28. The smallest absolute Gasteiger partial charge is 0.222 e. The fourth-order valence-electron chi connectivity index (χ4n) is 3.96. The highest BCUT2D eigenvalue weighted by Crippen LogP contribution is 2.37. The molecule has 21 heavy (non-hydrogen) atoms. The largest absolute Gasteiger partial charge is 0.342 e. The van der Waals surface area contributed by atoms with Crippen molar-refractivity contribution in [3.8, 4) is 0 Å². The van der Waals surface area contributed by atoms with Gasteiger partial charge in [0.1, 0.15) is 0 Å². The lowest BCUT2D eigenvalue weighted by Gasteiger charge is -2.29. The third kappa shape index (κ3) is 3.66. The second-order valence-corrected chi connectivity index (χ2v) is 7.07. The van der Waals surface area contributed by atoms with Crippen molar-refractivity contribution in [2.45, 2.75) is 51.4 Å². The first-order valence-corrected chi connectivity index (χ1v) is 8.55. The zero-order valence-corrected chi connectivity index (χ0v) is 13.1. The standard InChI is InChI=1S/C19H27NO/c1-15-11-12-20(14-15)19(21)13-16-7-9-18(10-8-16)17-5-3-2-4-6-17/h2-6,15-16,18H,7-14H2,1H3. The quantitative estimate of drug-likeness (QED) is 0.814. The Hall–Kier alpha value is -1.31. The Morgan fingerprint density at radius 2 is 1.81 bits per heavy atom. The van der Waals surface area contributed by atoms with Crippen molar-refractivity contribution in [3.05, 3.63) is 35.9 Å². The van der Waals surface area contributed by atoms with Crippen LogP contribution in [0.15, 0.2) is 30.3 Å². The average Bonchev–Trinajstić information content (AvgIpc) is 2.96. The molecule has 1 aliphatic heterocycles. The van der Waals surface area contributed by atoms with Crippen molar-refractivity contribution in [2.75, 3.05) is 13.1 Å². The number of hydrogen-bond acceptors (Lipinski definition) is 1. The molecular weight excluding hydrogens is 258 g/mol. The average molecular weight is 285 g/mol. The van der Waals surface area contributed by atoms with Crippen molar-refractivity contribution in [1.82, 2.24) is 4.90 Å². The van der Waals surface area contributed by atoms with Crippen LogP contribution in [0.3, 0.4) is 0 Å². The summed E-state index contributed by atoms with van der Waals surface area (Å²) < 4.78 is 0. The van der Waals surface area contributed by atoms with Crippen LogP contribution < -0.4 is 0 Å². The van der Waals surface area contributed by atoms with Gasteiger partial charge in [0.25, 0.3) is 0 Å². The van der Waals surface area contributed by atoms with E-state index in [0.717, 1.165) is 19.5 Å². The number of rotatable bonds is 3. The van der Waals surface area contributed by atoms with Gasteiger partial charge in [-0.25, -0.2) is 0 Å². The van der Waals surface area contributed by atoms with E-state index in [1.807, 2.05) is 0 Å². The lowest BCUT2D eigenvalue weighted by atomic mass is 9.77. The maximum absolute atomic E-state index is 12.3. The Balaban J connectivity index is 1.47. The molecule has 1 amide bonds. The van der Waals surface area contributed by atoms with E-state index in [4.69, 9.17) is 0 Å². The summed E-state index contributed by atoms with van der Waals surface area (Å²) in [5, 5.41) is 0. The van der Waals surface area contributed by atoms with Gasteiger partial charge in [-0.1, -0.05) is 37.3 Å². The van der Waals surface area contributed by atoms with Crippen molar-refractivity contribution < 1.29 is 4.79 Å². The third-order valence-electron chi connectivity index (χ3n) is 5.36. The van der Waals surface area contributed by atoms with Gasteiger partial charge >= 0.3 is 0 Å². The molecule has 0 radical (unpaired) electrons. The van der Waals surface area contributed by atoms with Crippen molar-refractivity contribution >= 4 is 5.91 Å². The molecule has 2 fully saturated rings. The zero-order chi connectivity index (χ0) is 14.7. The van der Waals surface area contributed by atoms with Crippen molar-refractivity contribution in [3.63, 3.8) is 0 Å². The lowest BCUT2D eigenvalue weighted by Crippen LogP contribution is -2.30. The summed E-state index contributed by atoms with van der Waals surface area (Å²) in [6.45, 7) is 4.22. The van der Waals surface area contributed by atoms with E-state index in [1.165, 1.54) is 37.7 Å². The van der Waals surface area contributed by atoms with Gasteiger partial charge in [0.05, 0.1) is 0 Å². The molecule has 0 bridgehead atoms. The van der Waals surface area contributed by atoms with E-state index in [9.17, 15) is 4.79 Å². The highest BCUT2D eigenvalue weighted by molar-refractivity contribution is 5.76. The molecule has 0 aromatic heterocycles. The van der Waals surface area contributed by atoms with Crippen LogP contribution in [-0.2, 0) is 4.79 Å². The second kappa shape index (κ2) is 6.64. The SMILES string of the molecule is CC1CCN(C(=O)CC2CCC(c3ccccc3)CC2)C1. The van der Waals surface area contributed by atoms with E-state index < -0.39 is 0 Å². The third-order valence-corrected chi connectivity index (χ3v) is 5.36. The van der Waals surface area contributed by atoms with Crippen molar-refractivity contribution in [1.29, 1.82) is 0 Å². The molecular formula is C19H27NO. The molecule has 114 valence electrons. The summed E-state index contributed by atoms with van der Waals surface area (Å²) in [5.74, 6) is 2.43. The molecule has 1 aromatic rings. The highest BCUT2D eigenvalue weighted by atomic mass is 16.2. The van der Waals surface area contributed by atoms with Crippen LogP contribution in [0.25, 0.3) is 0 Å². The minimum atomic E-state index is 0.405. The molecule has 2 aliphatic rings. The van der Waals surface area contributed by atoms with Gasteiger partial charge in [-0.05, 0) is 55.4 Å². The van der Waals surface area contributed by atoms with Crippen LogP contribution in [0.1, 0.15) is 56.9 Å².